The number of hydrogen-bond acceptors (Lipinski definition) is 4. The third-order valence-electron chi connectivity index (χ3n) is 8.26. The molecule has 7 rings (SSSR count). The van der Waals surface area contributed by atoms with Crippen LogP contribution < -0.4 is 15.5 Å². The van der Waals surface area contributed by atoms with E-state index in [1.54, 1.807) is 12.1 Å². The number of para-hydroxylation sites is 1. The highest BCUT2D eigenvalue weighted by Crippen LogP contribution is 2.55. The maximum atomic E-state index is 14.1. The van der Waals surface area contributed by atoms with E-state index in [9.17, 15) is 18.8 Å². The maximum Gasteiger partial charge on any atom is 0.250 e. The van der Waals surface area contributed by atoms with Gasteiger partial charge < -0.3 is 10.3 Å². The number of rotatable bonds is 3. The number of nitrogens with one attached hydrogen (secondary N) is 3. The number of H-pyrrole nitrogens is 1. The molecule has 4 heterocycles. The predicted molar refractivity (Wildman–Crippen MR) is 146 cm³/mol. The van der Waals surface area contributed by atoms with Crippen LogP contribution in [0.1, 0.15) is 16.7 Å². The summed E-state index contributed by atoms with van der Waals surface area (Å²) in [4.78, 5) is 46.3. The number of carbonyl (C=O) groups excluding carboxylic acids is 3. The van der Waals surface area contributed by atoms with E-state index in [0.29, 0.717) is 22.7 Å². The first kappa shape index (κ1) is 24.3. The van der Waals surface area contributed by atoms with Crippen LogP contribution in [0.4, 0.5) is 15.8 Å². The molecule has 4 atom stereocenters. The molecule has 0 radical (unpaired) electrons. The summed E-state index contributed by atoms with van der Waals surface area (Å²) in [6.45, 7) is 1.83. The van der Waals surface area contributed by atoms with Crippen molar-refractivity contribution in [1.82, 2.24) is 10.3 Å². The summed E-state index contributed by atoms with van der Waals surface area (Å²) in [7, 11) is 0. The zero-order valence-corrected chi connectivity index (χ0v) is 22.0. The summed E-state index contributed by atoms with van der Waals surface area (Å²) in [5.41, 5.74) is 2.40. The molecule has 7 nitrogen and oxygen atoms in total. The van der Waals surface area contributed by atoms with Crippen LogP contribution in [0.5, 0.6) is 0 Å². The molecule has 4 aromatic rings. The number of amides is 3. The molecule has 0 saturated carbocycles. The van der Waals surface area contributed by atoms with E-state index in [2.05, 4.69) is 15.6 Å². The largest absolute Gasteiger partial charge is 0.361 e. The van der Waals surface area contributed by atoms with E-state index < -0.39 is 47.0 Å². The minimum Gasteiger partial charge on any atom is -0.361 e. The smallest absolute Gasteiger partial charge is 0.250 e. The van der Waals surface area contributed by atoms with Crippen molar-refractivity contribution in [3.63, 3.8) is 0 Å². The lowest BCUT2D eigenvalue weighted by atomic mass is 9.76. The summed E-state index contributed by atoms with van der Waals surface area (Å²) in [6, 6.07) is 14.4. The number of imide groups is 1. The zero-order valence-electron chi connectivity index (χ0n) is 20.5. The Morgan fingerprint density at radius 2 is 1.82 bits per heavy atom. The Labute approximate surface area is 232 Å². The summed E-state index contributed by atoms with van der Waals surface area (Å²) in [6.07, 6.45) is 2.26. The van der Waals surface area contributed by atoms with E-state index in [1.165, 1.54) is 12.1 Å². The number of halogens is 3. The lowest BCUT2D eigenvalue weighted by molar-refractivity contribution is -0.130. The monoisotopic (exact) mass is 562 g/mol. The molecule has 10 heteroatoms. The van der Waals surface area contributed by atoms with Crippen LogP contribution >= 0.6 is 23.2 Å². The molecule has 0 aliphatic carbocycles. The Bertz CT molecular complexity index is 1750. The van der Waals surface area contributed by atoms with Crippen molar-refractivity contribution in [2.24, 2.45) is 11.8 Å². The highest BCUT2D eigenvalue weighted by molar-refractivity contribution is 6.32. The van der Waals surface area contributed by atoms with E-state index in [1.807, 2.05) is 37.4 Å². The number of carbonyl (C=O) groups is 3. The molecule has 0 unspecified atom stereocenters. The molecule has 2 fully saturated rings. The van der Waals surface area contributed by atoms with Gasteiger partial charge in [0.2, 0.25) is 17.7 Å². The summed E-state index contributed by atoms with van der Waals surface area (Å²) in [5, 5.41) is 7.58. The fraction of sp³-hybridized carbons (Fsp3) is 0.207. The summed E-state index contributed by atoms with van der Waals surface area (Å²) < 4.78 is 13.9. The quantitative estimate of drug-likeness (QED) is 0.303. The van der Waals surface area contributed by atoms with Crippen molar-refractivity contribution in [3.05, 3.63) is 93.3 Å². The standard InChI is InChI=1S/C29H21Cl2FN4O3/c1-13-8-15(30)10-18-25(13)34-28(39)29(18)24-23(22(35-29)9-14-12-33-21-5-3-2-4-17(14)21)26(37)36(27(24)38)16-6-7-20(32)19(31)11-16/h2-8,10-12,22-24,33,35H,9H2,1H3,(H,34,39)/t22-,23+,24+,29-/m0/s1. The zero-order chi connectivity index (χ0) is 27.2. The number of aromatic amines is 1. The first-order chi connectivity index (χ1) is 18.7. The first-order valence-electron chi connectivity index (χ1n) is 12.5. The van der Waals surface area contributed by atoms with Crippen LogP contribution in [0.15, 0.2) is 60.8 Å². The van der Waals surface area contributed by atoms with E-state index in [4.69, 9.17) is 23.2 Å². The van der Waals surface area contributed by atoms with E-state index in [0.717, 1.165) is 33.0 Å². The minimum absolute atomic E-state index is 0.160. The molecule has 39 heavy (non-hydrogen) atoms. The van der Waals surface area contributed by atoms with Crippen LogP contribution in [0.2, 0.25) is 10.0 Å². The molecule has 196 valence electrons. The average Bonchev–Trinajstić information content (AvgIpc) is 3.61. The van der Waals surface area contributed by atoms with Gasteiger partial charge in [-0.15, -0.1) is 0 Å². The second-order valence-corrected chi connectivity index (χ2v) is 11.2. The molecular formula is C29H21Cl2FN4O3. The minimum atomic E-state index is -1.52. The Kier molecular flexibility index (Phi) is 5.23. The van der Waals surface area contributed by atoms with Gasteiger partial charge in [-0.05, 0) is 60.9 Å². The SMILES string of the molecule is Cc1cc(Cl)cc2c1NC(=O)[C@]21N[C@@H](Cc2c[nH]c3ccccc23)[C@H]2C(=O)N(c3ccc(F)c(Cl)c3)C(=O)[C@@H]21. The molecule has 1 aromatic heterocycles. The lowest BCUT2D eigenvalue weighted by Gasteiger charge is -2.29. The van der Waals surface area contributed by atoms with Crippen LogP contribution in [0, 0.1) is 24.6 Å². The second kappa shape index (κ2) is 8.39. The molecule has 0 bridgehead atoms. The van der Waals surface area contributed by atoms with Crippen LogP contribution in [-0.2, 0) is 26.3 Å². The molecule has 1 spiro atoms. The fourth-order valence-electron chi connectivity index (χ4n) is 6.62. The van der Waals surface area contributed by atoms with Crippen molar-refractivity contribution in [3.8, 4) is 0 Å². The van der Waals surface area contributed by atoms with Gasteiger partial charge in [-0.3, -0.25) is 19.7 Å². The predicted octanol–water partition coefficient (Wildman–Crippen LogP) is 5.09. The third-order valence-corrected chi connectivity index (χ3v) is 8.77. The molecule has 3 amide bonds. The Balaban J connectivity index is 1.40. The Morgan fingerprint density at radius 3 is 2.62 bits per heavy atom. The number of hydrogen-bond donors (Lipinski definition) is 3. The molecule has 2 saturated heterocycles. The lowest BCUT2D eigenvalue weighted by Crippen LogP contribution is -2.53. The number of fused-ring (bicyclic) bond motifs is 5. The number of benzene rings is 3. The van der Waals surface area contributed by atoms with Gasteiger partial charge in [-0.2, -0.15) is 0 Å². The van der Waals surface area contributed by atoms with Crippen molar-refractivity contribution in [1.29, 1.82) is 0 Å². The van der Waals surface area contributed by atoms with Crippen LogP contribution in [-0.4, -0.2) is 28.7 Å². The van der Waals surface area contributed by atoms with Crippen molar-refractivity contribution in [2.75, 3.05) is 10.2 Å². The topological polar surface area (TPSA) is 94.3 Å². The van der Waals surface area contributed by atoms with Gasteiger partial charge in [-0.1, -0.05) is 41.4 Å². The van der Waals surface area contributed by atoms with Gasteiger partial charge in [0.15, 0.2) is 0 Å². The van der Waals surface area contributed by atoms with Gasteiger partial charge in [0.1, 0.15) is 11.4 Å². The molecular weight excluding hydrogens is 542 g/mol. The third kappa shape index (κ3) is 3.28. The Hall–Kier alpha value is -3.72. The van der Waals surface area contributed by atoms with Gasteiger partial charge in [0.05, 0.1) is 22.5 Å². The number of aromatic nitrogens is 1. The van der Waals surface area contributed by atoms with Crippen molar-refractivity contribution >= 4 is 63.2 Å². The van der Waals surface area contributed by atoms with Crippen molar-refractivity contribution in [2.45, 2.75) is 24.9 Å². The molecule has 3 aliphatic heterocycles. The van der Waals surface area contributed by atoms with Crippen molar-refractivity contribution < 1.29 is 18.8 Å². The average molecular weight is 563 g/mol. The molecule has 3 aliphatic rings. The Morgan fingerprint density at radius 1 is 1.03 bits per heavy atom. The highest BCUT2D eigenvalue weighted by atomic mass is 35.5. The molecule has 3 aromatic carbocycles. The van der Waals surface area contributed by atoms with Crippen LogP contribution in [0.25, 0.3) is 10.9 Å². The summed E-state index contributed by atoms with van der Waals surface area (Å²) >= 11 is 12.5. The second-order valence-electron chi connectivity index (χ2n) is 10.3. The number of aryl methyl sites for hydroxylation is 1. The van der Waals surface area contributed by atoms with Gasteiger partial charge in [-0.25, -0.2) is 9.29 Å². The normalized spacial score (nSPS) is 25.6. The maximum absolute atomic E-state index is 14.1. The first-order valence-corrected chi connectivity index (χ1v) is 13.2. The van der Waals surface area contributed by atoms with Crippen LogP contribution in [0.3, 0.4) is 0 Å². The van der Waals surface area contributed by atoms with Gasteiger partial charge >= 0.3 is 0 Å². The van der Waals surface area contributed by atoms with E-state index in [-0.39, 0.29) is 10.7 Å². The van der Waals surface area contributed by atoms with E-state index >= 15 is 0 Å². The number of nitrogens with zero attached hydrogens (tertiary/aromatic N) is 1. The fourth-order valence-corrected chi connectivity index (χ4v) is 7.07. The van der Waals surface area contributed by atoms with Gasteiger partial charge in [0.25, 0.3) is 0 Å². The molecule has 3 N–H and O–H groups in total. The summed E-state index contributed by atoms with van der Waals surface area (Å²) in [5.74, 6) is -4.03. The highest BCUT2D eigenvalue weighted by Gasteiger charge is 2.70. The number of anilines is 2. The van der Waals surface area contributed by atoms with Gasteiger partial charge in [0, 0.05) is 39.4 Å².